The van der Waals surface area contributed by atoms with Crippen LogP contribution in [0, 0.1) is 0 Å². The molecule has 64 valence electrons. The molecule has 0 spiro atoms. The summed E-state index contributed by atoms with van der Waals surface area (Å²) in [5.41, 5.74) is 0.0758. The molecule has 0 bridgehead atoms. The number of carbonyl (C=O) groups excluding carboxylic acids is 1. The Balaban J connectivity index is 0.00000144. The summed E-state index contributed by atoms with van der Waals surface area (Å²) in [7, 11) is 0. The maximum absolute atomic E-state index is 10.5. The summed E-state index contributed by atoms with van der Waals surface area (Å²) < 4.78 is 4.99. The molecule has 1 rings (SSSR count). The van der Waals surface area contributed by atoms with Crippen LogP contribution >= 0.6 is 12.0 Å². The quantitative estimate of drug-likeness (QED) is 0.412. The van der Waals surface area contributed by atoms with Crippen molar-refractivity contribution in [2.45, 2.75) is 0 Å². The van der Waals surface area contributed by atoms with Gasteiger partial charge in [0.2, 0.25) is 0 Å². The topological polar surface area (TPSA) is 49.4 Å². The number of para-hydroxylation sites is 1. The van der Waals surface area contributed by atoms with Gasteiger partial charge >= 0.3 is 29.6 Å². The summed E-state index contributed by atoms with van der Waals surface area (Å²) in [4.78, 5) is 10.5. The summed E-state index contributed by atoms with van der Waals surface area (Å²) in [6.45, 7) is 0. The Morgan fingerprint density at radius 3 is 2.62 bits per heavy atom. The summed E-state index contributed by atoms with van der Waals surface area (Å²) >= 11 is 1.10. The number of benzene rings is 1. The van der Waals surface area contributed by atoms with Gasteiger partial charge in [-0.2, -0.15) is 0 Å². The second kappa shape index (κ2) is 6.32. The molecule has 5 heteroatoms. The molecule has 0 aromatic heterocycles. The van der Waals surface area contributed by atoms with Crippen LogP contribution in [0.1, 0.15) is 10.4 Å². The first kappa shape index (κ1) is 12.8. The number of hydrogen-bond acceptors (Lipinski definition) is 4. The first-order valence-corrected chi connectivity index (χ1v) is 4.41. The Hall–Kier alpha value is -0.160. The minimum absolute atomic E-state index is 0. The molecule has 0 aliphatic rings. The van der Waals surface area contributed by atoms with E-state index in [2.05, 4.69) is 0 Å². The Morgan fingerprint density at radius 1 is 1.46 bits per heavy atom. The van der Waals surface area contributed by atoms with E-state index in [1.807, 2.05) is 0 Å². The first-order valence-electron chi connectivity index (χ1n) is 3.26. The minimum Gasteiger partial charge on any atom is -0.545 e. The van der Waals surface area contributed by atoms with E-state index in [0.29, 0.717) is 5.75 Å². The molecular weight excluding hydrogens is 199 g/mol. The van der Waals surface area contributed by atoms with E-state index in [4.69, 9.17) is 4.18 Å². The third-order valence-corrected chi connectivity index (χ3v) is 1.63. The molecule has 1 aromatic rings. The second-order valence-corrected chi connectivity index (χ2v) is 2.53. The second-order valence-electron chi connectivity index (χ2n) is 2.03. The van der Waals surface area contributed by atoms with Gasteiger partial charge in [0.15, 0.2) is 0 Å². The molecule has 0 atom stereocenters. The van der Waals surface area contributed by atoms with Crippen LogP contribution in [0.25, 0.3) is 0 Å². The van der Waals surface area contributed by atoms with Crippen molar-refractivity contribution in [1.82, 2.24) is 0 Å². The zero-order valence-corrected chi connectivity index (χ0v) is 10.3. The minimum atomic E-state index is -1.22. The molecule has 0 heterocycles. The van der Waals surface area contributed by atoms with E-state index >= 15 is 0 Å². The monoisotopic (exact) mass is 206 g/mol. The molecule has 0 amide bonds. The zero-order valence-electron chi connectivity index (χ0n) is 7.44. The number of hydrogen-bond donors (Lipinski definition) is 0. The van der Waals surface area contributed by atoms with Gasteiger partial charge in [-0.3, -0.25) is 0 Å². The van der Waals surface area contributed by atoms with Crippen LogP contribution in [-0.4, -0.2) is 12.2 Å². The summed E-state index contributed by atoms with van der Waals surface area (Å²) in [6.07, 6.45) is 1.71. The van der Waals surface area contributed by atoms with E-state index in [1.54, 1.807) is 24.5 Å². The van der Waals surface area contributed by atoms with E-state index in [1.165, 1.54) is 6.07 Å². The fraction of sp³-hybridized carbons (Fsp3) is 0.125. The molecule has 1 aromatic carbocycles. The van der Waals surface area contributed by atoms with Crippen LogP contribution in [0.3, 0.4) is 0 Å². The molecule has 13 heavy (non-hydrogen) atoms. The standard InChI is InChI=1S/C8H8O3S.Na/c1-12-11-7-5-3-2-4-6(7)8(9)10;/h2-5H,1H3,(H,9,10);/q;+1/p-1. The number of carboxylic acids is 1. The zero-order chi connectivity index (χ0) is 8.97. The SMILES string of the molecule is CSOc1ccccc1C(=O)[O-].[Na+]. The molecule has 0 radical (unpaired) electrons. The van der Waals surface area contributed by atoms with Gasteiger partial charge in [-0.25, -0.2) is 0 Å². The largest absolute Gasteiger partial charge is 1.00 e. The molecule has 0 saturated heterocycles. The van der Waals surface area contributed by atoms with Gasteiger partial charge in [-0.15, -0.1) is 0 Å². The molecule has 0 saturated carbocycles. The molecule has 0 fully saturated rings. The van der Waals surface area contributed by atoms with Crippen LogP contribution < -0.4 is 38.8 Å². The van der Waals surface area contributed by atoms with Crippen LogP contribution in [0.15, 0.2) is 24.3 Å². The van der Waals surface area contributed by atoms with E-state index in [0.717, 1.165) is 12.0 Å². The van der Waals surface area contributed by atoms with Gasteiger partial charge < -0.3 is 14.1 Å². The predicted octanol–water partition coefficient (Wildman–Crippen LogP) is -2.29. The van der Waals surface area contributed by atoms with Crippen LogP contribution in [0.2, 0.25) is 0 Å². The van der Waals surface area contributed by atoms with Gasteiger partial charge in [0.25, 0.3) is 0 Å². The third kappa shape index (κ3) is 3.60. The summed E-state index contributed by atoms with van der Waals surface area (Å²) in [6, 6.07) is 6.36. The summed E-state index contributed by atoms with van der Waals surface area (Å²) in [5.74, 6) is -0.898. The predicted molar refractivity (Wildman–Crippen MR) is 44.9 cm³/mol. The maximum Gasteiger partial charge on any atom is 1.00 e. The number of aromatic carboxylic acids is 1. The Bertz CT molecular complexity index is 290. The van der Waals surface area contributed by atoms with Crippen LogP contribution in [0.5, 0.6) is 5.75 Å². The van der Waals surface area contributed by atoms with Crippen molar-refractivity contribution in [3.8, 4) is 5.75 Å². The van der Waals surface area contributed by atoms with Gasteiger partial charge in [0.1, 0.15) is 5.75 Å². The maximum atomic E-state index is 10.5. The van der Waals surface area contributed by atoms with Crippen molar-refractivity contribution in [3.63, 3.8) is 0 Å². The summed E-state index contributed by atoms with van der Waals surface area (Å²) in [5, 5.41) is 10.5. The average Bonchev–Trinajstić information content (AvgIpc) is 2.05. The van der Waals surface area contributed by atoms with E-state index in [-0.39, 0.29) is 35.1 Å². The van der Waals surface area contributed by atoms with Gasteiger partial charge in [0.05, 0.1) is 18.0 Å². The van der Waals surface area contributed by atoms with Gasteiger partial charge in [-0.05, 0) is 12.1 Å². The van der Waals surface area contributed by atoms with Crippen molar-refractivity contribution in [1.29, 1.82) is 0 Å². The van der Waals surface area contributed by atoms with Crippen molar-refractivity contribution in [2.75, 3.05) is 6.26 Å². The Labute approximate surface area is 103 Å². The molecule has 0 aliphatic carbocycles. The van der Waals surface area contributed by atoms with E-state index < -0.39 is 5.97 Å². The van der Waals surface area contributed by atoms with Crippen molar-refractivity contribution in [3.05, 3.63) is 29.8 Å². The van der Waals surface area contributed by atoms with Gasteiger partial charge in [-0.1, -0.05) is 12.1 Å². The molecule has 0 unspecified atom stereocenters. The van der Waals surface area contributed by atoms with Crippen molar-refractivity contribution < 1.29 is 43.6 Å². The Morgan fingerprint density at radius 2 is 2.08 bits per heavy atom. The van der Waals surface area contributed by atoms with Crippen LogP contribution in [-0.2, 0) is 0 Å². The van der Waals surface area contributed by atoms with Crippen molar-refractivity contribution >= 4 is 18.0 Å². The normalized spacial score (nSPS) is 8.69. The number of carboxylic acid groups (broad SMARTS) is 1. The molecule has 3 nitrogen and oxygen atoms in total. The smallest absolute Gasteiger partial charge is 0.545 e. The molecular formula is C8H7NaO3S. The van der Waals surface area contributed by atoms with Gasteiger partial charge in [0, 0.05) is 11.8 Å². The third-order valence-electron chi connectivity index (χ3n) is 1.28. The first-order chi connectivity index (χ1) is 5.75. The Kier molecular flexibility index (Phi) is 6.24. The van der Waals surface area contributed by atoms with E-state index in [9.17, 15) is 9.90 Å². The fourth-order valence-corrected chi connectivity index (χ4v) is 1.12. The number of carbonyl (C=O) groups is 1. The fourth-order valence-electron chi connectivity index (χ4n) is 0.798. The van der Waals surface area contributed by atoms with Crippen LogP contribution in [0.4, 0.5) is 0 Å². The molecule has 0 aliphatic heterocycles. The average molecular weight is 206 g/mol. The molecule has 0 N–H and O–H groups in total. The van der Waals surface area contributed by atoms with Crippen molar-refractivity contribution in [2.24, 2.45) is 0 Å². The number of rotatable bonds is 3.